The lowest BCUT2D eigenvalue weighted by Crippen LogP contribution is -2.67. The van der Waals surface area contributed by atoms with Crippen LogP contribution in [0.2, 0.25) is 0 Å². The normalized spacial score (nSPS) is 46.6. The first-order chi connectivity index (χ1) is 17.5. The molecular weight excluding hydrogens is 472 g/mol. The predicted octanol–water partition coefficient (Wildman–Crippen LogP) is 7.51. The fourth-order valence-corrected chi connectivity index (χ4v) is 10.9. The van der Waals surface area contributed by atoms with E-state index in [2.05, 4.69) is 60.6 Å². The number of ether oxygens (including phenoxy) is 1. The highest BCUT2D eigenvalue weighted by Gasteiger charge is 2.71. The highest BCUT2D eigenvalue weighted by molar-refractivity contribution is 5.96. The van der Waals surface area contributed by atoms with E-state index < -0.39 is 5.41 Å². The number of methoxy groups -OCH3 is 1. The minimum absolute atomic E-state index is 0.0193. The van der Waals surface area contributed by atoms with Crippen LogP contribution in [0.3, 0.4) is 0 Å². The quantitative estimate of drug-likeness (QED) is 0.284. The molecule has 4 heteroatoms. The number of ketones is 2. The smallest absolute Gasteiger partial charge is 0.312 e. The number of hydrogen-bond acceptors (Lipinski definition) is 4. The Morgan fingerprint density at radius 1 is 0.974 bits per heavy atom. The Labute approximate surface area is 230 Å². The lowest BCUT2D eigenvalue weighted by molar-refractivity contribution is -0.190. The zero-order valence-electron chi connectivity index (χ0n) is 25.3. The lowest BCUT2D eigenvalue weighted by Gasteiger charge is -2.70. The van der Waals surface area contributed by atoms with Crippen molar-refractivity contribution in [3.63, 3.8) is 0 Å². The van der Waals surface area contributed by atoms with E-state index in [0.29, 0.717) is 12.3 Å². The summed E-state index contributed by atoms with van der Waals surface area (Å²) in [5, 5.41) is 0. The SMILES string of the molecule is COC(=O)[C@]12CCC(C)(C)CC1C1=CC(=O)C3[C@@]4(C)C(CC(C)=O)C=CC(C)(C)C4CC[C@@]3(C)[C@]1(C)CC2. The van der Waals surface area contributed by atoms with Gasteiger partial charge in [0.15, 0.2) is 5.78 Å². The highest BCUT2D eigenvalue weighted by Crippen LogP contribution is 2.75. The van der Waals surface area contributed by atoms with E-state index in [9.17, 15) is 14.4 Å². The topological polar surface area (TPSA) is 60.4 Å². The van der Waals surface area contributed by atoms with Gasteiger partial charge in [0.1, 0.15) is 5.78 Å². The second-order valence-electron chi connectivity index (χ2n) is 15.9. The van der Waals surface area contributed by atoms with E-state index in [-0.39, 0.29) is 62.4 Å². The Bertz CT molecular complexity index is 1130. The number of esters is 1. The summed E-state index contributed by atoms with van der Waals surface area (Å²) in [4.78, 5) is 40.5. The molecule has 0 saturated heterocycles. The van der Waals surface area contributed by atoms with Crippen LogP contribution < -0.4 is 0 Å². The van der Waals surface area contributed by atoms with Crippen LogP contribution in [-0.4, -0.2) is 24.6 Å². The lowest BCUT2D eigenvalue weighted by atomic mass is 9.33. The first-order valence-electron chi connectivity index (χ1n) is 15.0. The molecule has 0 N–H and O–H groups in total. The number of rotatable bonds is 3. The first kappa shape index (κ1) is 27.8. The molecule has 4 nitrogen and oxygen atoms in total. The van der Waals surface area contributed by atoms with E-state index in [1.54, 1.807) is 6.92 Å². The third-order valence-electron chi connectivity index (χ3n) is 13.1. The van der Waals surface area contributed by atoms with Crippen molar-refractivity contribution in [1.82, 2.24) is 0 Å². The Morgan fingerprint density at radius 3 is 2.26 bits per heavy atom. The van der Waals surface area contributed by atoms with Crippen LogP contribution in [0.25, 0.3) is 0 Å². The average molecular weight is 523 g/mol. The maximum Gasteiger partial charge on any atom is 0.312 e. The van der Waals surface area contributed by atoms with Gasteiger partial charge in [-0.3, -0.25) is 9.59 Å². The van der Waals surface area contributed by atoms with Crippen LogP contribution in [0.15, 0.2) is 23.8 Å². The van der Waals surface area contributed by atoms with Gasteiger partial charge < -0.3 is 9.53 Å². The van der Waals surface area contributed by atoms with Gasteiger partial charge in [-0.15, -0.1) is 0 Å². The van der Waals surface area contributed by atoms with Gasteiger partial charge in [-0.2, -0.15) is 0 Å². The second-order valence-corrected chi connectivity index (χ2v) is 15.9. The maximum absolute atomic E-state index is 14.6. The van der Waals surface area contributed by atoms with Crippen LogP contribution in [0, 0.1) is 56.2 Å². The van der Waals surface area contributed by atoms with Gasteiger partial charge in [0, 0.05) is 12.3 Å². The summed E-state index contributed by atoms with van der Waals surface area (Å²) in [6.45, 7) is 18.1. The van der Waals surface area contributed by atoms with Crippen LogP contribution in [0.1, 0.15) is 107 Å². The summed E-state index contributed by atoms with van der Waals surface area (Å²) in [6.07, 6.45) is 13.6. The molecule has 0 aliphatic heterocycles. The van der Waals surface area contributed by atoms with Crippen LogP contribution in [0.5, 0.6) is 0 Å². The first-order valence-corrected chi connectivity index (χ1v) is 15.0. The molecule has 0 aromatic rings. The Morgan fingerprint density at radius 2 is 1.63 bits per heavy atom. The van der Waals surface area contributed by atoms with E-state index >= 15 is 0 Å². The van der Waals surface area contributed by atoms with Gasteiger partial charge >= 0.3 is 5.97 Å². The predicted molar refractivity (Wildman–Crippen MR) is 150 cm³/mol. The van der Waals surface area contributed by atoms with Gasteiger partial charge in [-0.25, -0.2) is 0 Å². The van der Waals surface area contributed by atoms with Crippen molar-refractivity contribution in [2.45, 2.75) is 107 Å². The summed E-state index contributed by atoms with van der Waals surface area (Å²) in [7, 11) is 1.52. The number of fused-ring (bicyclic) bond motifs is 7. The van der Waals surface area contributed by atoms with Gasteiger partial charge in [0.25, 0.3) is 0 Å². The van der Waals surface area contributed by atoms with E-state index in [1.165, 1.54) is 12.7 Å². The minimum Gasteiger partial charge on any atom is -0.469 e. The molecule has 5 aliphatic carbocycles. The van der Waals surface area contributed by atoms with E-state index in [0.717, 1.165) is 44.9 Å². The third-order valence-corrected chi connectivity index (χ3v) is 13.1. The number of Topliss-reactive ketones (excluding diaryl/α,β-unsaturated/α-hetero) is 1. The Balaban J connectivity index is 1.69. The summed E-state index contributed by atoms with van der Waals surface area (Å²) < 4.78 is 5.46. The maximum atomic E-state index is 14.6. The molecular formula is C34H50O4. The van der Waals surface area contributed by atoms with Crippen LogP contribution in [-0.2, 0) is 19.1 Å². The zero-order valence-corrected chi connectivity index (χ0v) is 25.3. The molecule has 3 saturated carbocycles. The molecule has 210 valence electrons. The average Bonchev–Trinajstić information content (AvgIpc) is 2.81. The summed E-state index contributed by atoms with van der Waals surface area (Å²) >= 11 is 0. The summed E-state index contributed by atoms with van der Waals surface area (Å²) in [6, 6.07) is 0. The second kappa shape index (κ2) is 8.40. The highest BCUT2D eigenvalue weighted by atomic mass is 16.5. The van der Waals surface area contributed by atoms with Crippen molar-refractivity contribution in [2.24, 2.45) is 56.2 Å². The molecule has 5 rings (SSSR count). The van der Waals surface area contributed by atoms with Crippen molar-refractivity contribution in [3.8, 4) is 0 Å². The summed E-state index contributed by atoms with van der Waals surface area (Å²) in [5.74, 6) is 0.654. The molecule has 0 spiro atoms. The van der Waals surface area contributed by atoms with Crippen molar-refractivity contribution >= 4 is 17.5 Å². The standard InChI is InChI=1S/C34H50O4/c1-21(35)18-22-10-12-30(4,5)26-11-13-32(7)27(33(22,26)8)25(36)19-23-24-20-29(2,3)14-16-34(24,28(37)38-9)17-15-31(23,32)6/h10,12,19,22,24,26-27H,11,13-18,20H2,1-9H3/t22?,24?,26?,27?,31-,32-,33+,34+/m1/s1. The molecule has 4 unspecified atom stereocenters. The van der Waals surface area contributed by atoms with E-state index in [1.807, 2.05) is 6.08 Å². The third kappa shape index (κ3) is 3.49. The molecule has 0 heterocycles. The number of carbonyl (C=O) groups excluding carboxylic acids is 3. The molecule has 0 amide bonds. The molecule has 38 heavy (non-hydrogen) atoms. The Kier molecular flexibility index (Phi) is 6.15. The fraction of sp³-hybridized carbons (Fsp3) is 0.794. The number of allylic oxidation sites excluding steroid dienone is 4. The van der Waals surface area contributed by atoms with Crippen molar-refractivity contribution in [2.75, 3.05) is 7.11 Å². The summed E-state index contributed by atoms with van der Waals surface area (Å²) in [5.41, 5.74) is 0.127. The monoisotopic (exact) mass is 522 g/mol. The Hall–Kier alpha value is -1.71. The van der Waals surface area contributed by atoms with Crippen LogP contribution >= 0.6 is 0 Å². The largest absolute Gasteiger partial charge is 0.469 e. The molecule has 0 bridgehead atoms. The molecule has 0 aromatic heterocycles. The van der Waals surface area contributed by atoms with Gasteiger partial charge in [0.05, 0.1) is 12.5 Å². The molecule has 0 radical (unpaired) electrons. The van der Waals surface area contributed by atoms with Gasteiger partial charge in [-0.1, -0.05) is 66.2 Å². The van der Waals surface area contributed by atoms with Crippen LogP contribution in [0.4, 0.5) is 0 Å². The molecule has 3 fully saturated rings. The van der Waals surface area contributed by atoms with Crippen molar-refractivity contribution < 1.29 is 19.1 Å². The zero-order chi connectivity index (χ0) is 28.1. The fourth-order valence-electron chi connectivity index (χ4n) is 10.9. The number of carbonyl (C=O) groups is 3. The van der Waals surface area contributed by atoms with E-state index in [4.69, 9.17) is 4.74 Å². The molecule has 0 aromatic carbocycles. The van der Waals surface area contributed by atoms with Gasteiger partial charge in [-0.05, 0) is 103 Å². The number of hydrogen-bond donors (Lipinski definition) is 0. The molecule has 5 aliphatic rings. The molecule has 8 atom stereocenters. The van der Waals surface area contributed by atoms with Crippen molar-refractivity contribution in [3.05, 3.63) is 23.8 Å². The minimum atomic E-state index is -0.521. The van der Waals surface area contributed by atoms with Crippen molar-refractivity contribution in [1.29, 1.82) is 0 Å². The van der Waals surface area contributed by atoms with Gasteiger partial charge in [0.2, 0.25) is 0 Å².